The number of aryl methyl sites for hydroxylation is 1. The van der Waals surface area contributed by atoms with Crippen LogP contribution in [0, 0.1) is 10.6 Å². The van der Waals surface area contributed by atoms with Crippen LogP contribution in [0.5, 0.6) is 5.75 Å². The molecule has 3 nitrogen and oxygen atoms in total. The van der Waals surface area contributed by atoms with Gasteiger partial charge in [0, 0.05) is 18.7 Å². The van der Waals surface area contributed by atoms with Gasteiger partial charge in [-0.2, -0.15) is 0 Å². The van der Waals surface area contributed by atoms with Crippen LogP contribution in [0.4, 0.5) is 4.39 Å². The first-order chi connectivity index (χ1) is 8.17. The summed E-state index contributed by atoms with van der Waals surface area (Å²) < 4.78 is 21.0. The molecule has 0 unspecified atom stereocenters. The fourth-order valence-electron chi connectivity index (χ4n) is 1.76. The summed E-state index contributed by atoms with van der Waals surface area (Å²) in [5, 5.41) is 0. The SMILES string of the molecule is C=CCCn1c(=S)[nH]c2cc(F)c(OC)cc21. The van der Waals surface area contributed by atoms with Gasteiger partial charge in [0.1, 0.15) is 0 Å². The number of ether oxygens (including phenoxy) is 1. The third-order valence-corrected chi connectivity index (χ3v) is 2.93. The second-order valence-electron chi connectivity index (χ2n) is 3.66. The molecule has 0 aliphatic carbocycles. The van der Waals surface area contributed by atoms with Gasteiger partial charge in [0.05, 0.1) is 18.1 Å². The molecule has 0 fully saturated rings. The molecular formula is C12H13FN2OS. The number of allylic oxidation sites excluding steroid dienone is 1. The van der Waals surface area contributed by atoms with Crippen LogP contribution in [-0.4, -0.2) is 16.7 Å². The molecule has 5 heteroatoms. The lowest BCUT2D eigenvalue weighted by molar-refractivity contribution is 0.387. The lowest BCUT2D eigenvalue weighted by Crippen LogP contribution is -1.97. The fraction of sp³-hybridized carbons (Fsp3) is 0.250. The van der Waals surface area contributed by atoms with E-state index in [4.69, 9.17) is 17.0 Å². The summed E-state index contributed by atoms with van der Waals surface area (Å²) in [6.45, 7) is 4.39. The van der Waals surface area contributed by atoms with Crippen molar-refractivity contribution in [2.24, 2.45) is 0 Å². The van der Waals surface area contributed by atoms with E-state index < -0.39 is 5.82 Å². The van der Waals surface area contributed by atoms with Gasteiger partial charge in [0.25, 0.3) is 0 Å². The second kappa shape index (κ2) is 4.71. The van der Waals surface area contributed by atoms with Crippen molar-refractivity contribution in [2.75, 3.05) is 7.11 Å². The second-order valence-corrected chi connectivity index (χ2v) is 4.05. The van der Waals surface area contributed by atoms with Crippen LogP contribution >= 0.6 is 12.2 Å². The quantitative estimate of drug-likeness (QED) is 0.667. The van der Waals surface area contributed by atoms with Gasteiger partial charge in [-0.3, -0.25) is 0 Å². The van der Waals surface area contributed by atoms with Crippen LogP contribution in [0.3, 0.4) is 0 Å². The molecule has 1 heterocycles. The number of H-pyrrole nitrogens is 1. The van der Waals surface area contributed by atoms with Crippen molar-refractivity contribution in [3.8, 4) is 5.75 Å². The Morgan fingerprint density at radius 2 is 2.35 bits per heavy atom. The van der Waals surface area contributed by atoms with Crippen LogP contribution in [0.1, 0.15) is 6.42 Å². The maximum atomic E-state index is 13.5. The van der Waals surface area contributed by atoms with Crippen molar-refractivity contribution in [3.05, 3.63) is 35.4 Å². The normalized spacial score (nSPS) is 10.7. The number of benzene rings is 1. The van der Waals surface area contributed by atoms with Crippen LogP contribution in [-0.2, 0) is 6.54 Å². The average molecular weight is 252 g/mol. The molecule has 0 saturated carbocycles. The van der Waals surface area contributed by atoms with E-state index in [2.05, 4.69) is 11.6 Å². The summed E-state index contributed by atoms with van der Waals surface area (Å²) in [7, 11) is 1.44. The Balaban J connectivity index is 2.62. The minimum absolute atomic E-state index is 0.221. The minimum atomic E-state index is -0.396. The van der Waals surface area contributed by atoms with Crippen LogP contribution in [0.25, 0.3) is 11.0 Å². The first-order valence-corrected chi connectivity index (χ1v) is 5.65. The van der Waals surface area contributed by atoms with Crippen molar-refractivity contribution in [1.82, 2.24) is 9.55 Å². The Hall–Kier alpha value is -1.62. The average Bonchev–Trinajstić information content (AvgIpc) is 2.60. The molecule has 0 aliphatic rings. The standard InChI is InChI=1S/C12H13FN2OS/c1-3-4-5-15-10-7-11(16-2)8(13)6-9(10)14-12(15)17/h3,6-7H,1,4-5H2,2H3,(H,14,17). The number of rotatable bonds is 4. The molecule has 0 saturated heterocycles. The van der Waals surface area contributed by atoms with Crippen molar-refractivity contribution < 1.29 is 9.13 Å². The highest BCUT2D eigenvalue weighted by molar-refractivity contribution is 7.71. The Morgan fingerprint density at radius 1 is 1.59 bits per heavy atom. The Morgan fingerprint density at radius 3 is 3.00 bits per heavy atom. The van der Waals surface area contributed by atoms with E-state index in [1.165, 1.54) is 13.2 Å². The van der Waals surface area contributed by atoms with Gasteiger partial charge in [-0.1, -0.05) is 6.08 Å². The number of halogens is 1. The van der Waals surface area contributed by atoms with Crippen molar-refractivity contribution in [2.45, 2.75) is 13.0 Å². The molecule has 1 aromatic carbocycles. The fourth-order valence-corrected chi connectivity index (χ4v) is 2.06. The van der Waals surface area contributed by atoms with E-state index in [0.29, 0.717) is 10.3 Å². The van der Waals surface area contributed by atoms with Gasteiger partial charge in [0.2, 0.25) is 0 Å². The summed E-state index contributed by atoms with van der Waals surface area (Å²) >= 11 is 5.20. The third-order valence-electron chi connectivity index (χ3n) is 2.60. The smallest absolute Gasteiger partial charge is 0.178 e. The maximum Gasteiger partial charge on any atom is 0.178 e. The Labute approximate surface area is 104 Å². The molecule has 2 aromatic rings. The maximum absolute atomic E-state index is 13.5. The van der Waals surface area contributed by atoms with Gasteiger partial charge in [-0.05, 0) is 18.6 Å². The largest absolute Gasteiger partial charge is 0.494 e. The van der Waals surface area contributed by atoms with Gasteiger partial charge >= 0.3 is 0 Å². The number of nitrogens with one attached hydrogen (secondary N) is 1. The van der Waals surface area contributed by atoms with Crippen LogP contribution in [0.2, 0.25) is 0 Å². The van der Waals surface area contributed by atoms with Crippen LogP contribution < -0.4 is 4.74 Å². The lowest BCUT2D eigenvalue weighted by atomic mass is 10.2. The van der Waals surface area contributed by atoms with Crippen molar-refractivity contribution >= 4 is 23.3 Å². The van der Waals surface area contributed by atoms with Crippen molar-refractivity contribution in [1.29, 1.82) is 0 Å². The first kappa shape index (κ1) is 11.9. The number of methoxy groups -OCH3 is 1. The molecule has 2 rings (SSSR count). The molecule has 1 aromatic heterocycles. The molecule has 0 atom stereocenters. The summed E-state index contributed by atoms with van der Waals surface area (Å²) in [5.41, 5.74) is 1.52. The van der Waals surface area contributed by atoms with Crippen molar-refractivity contribution in [3.63, 3.8) is 0 Å². The molecule has 0 amide bonds. The number of nitrogens with zero attached hydrogens (tertiary/aromatic N) is 1. The first-order valence-electron chi connectivity index (χ1n) is 5.24. The van der Waals surface area contributed by atoms with E-state index in [1.807, 2.05) is 10.6 Å². The third kappa shape index (κ3) is 2.10. The van der Waals surface area contributed by atoms with E-state index in [-0.39, 0.29) is 5.75 Å². The minimum Gasteiger partial charge on any atom is -0.494 e. The number of imidazole rings is 1. The summed E-state index contributed by atoms with van der Waals surface area (Å²) in [6, 6.07) is 3.05. The molecular weight excluding hydrogens is 239 g/mol. The Kier molecular flexibility index (Phi) is 3.28. The van der Waals surface area contributed by atoms with E-state index in [1.54, 1.807) is 6.07 Å². The molecule has 1 N–H and O–H groups in total. The van der Waals surface area contributed by atoms with Gasteiger partial charge in [-0.15, -0.1) is 6.58 Å². The zero-order valence-corrected chi connectivity index (χ0v) is 10.3. The summed E-state index contributed by atoms with van der Waals surface area (Å²) in [5.74, 6) is -0.175. The number of aromatic amines is 1. The molecule has 17 heavy (non-hydrogen) atoms. The monoisotopic (exact) mass is 252 g/mol. The summed E-state index contributed by atoms with van der Waals surface area (Å²) in [6.07, 6.45) is 2.63. The predicted octanol–water partition coefficient (Wildman–Crippen LogP) is 3.42. The van der Waals surface area contributed by atoms with Gasteiger partial charge < -0.3 is 14.3 Å². The highest BCUT2D eigenvalue weighted by atomic mass is 32.1. The highest BCUT2D eigenvalue weighted by Crippen LogP contribution is 2.24. The van der Waals surface area contributed by atoms with E-state index in [9.17, 15) is 4.39 Å². The topological polar surface area (TPSA) is 29.9 Å². The van der Waals surface area contributed by atoms with Gasteiger partial charge in [-0.25, -0.2) is 4.39 Å². The van der Waals surface area contributed by atoms with Crippen LogP contribution in [0.15, 0.2) is 24.8 Å². The molecule has 0 aliphatic heterocycles. The summed E-state index contributed by atoms with van der Waals surface area (Å²) in [4.78, 5) is 2.98. The molecule has 90 valence electrons. The Bertz CT molecular complexity index is 615. The van der Waals surface area contributed by atoms with E-state index in [0.717, 1.165) is 18.5 Å². The molecule has 0 radical (unpaired) electrons. The molecule has 0 spiro atoms. The zero-order valence-electron chi connectivity index (χ0n) is 9.50. The number of fused-ring (bicyclic) bond motifs is 1. The predicted molar refractivity (Wildman–Crippen MR) is 68.4 cm³/mol. The van der Waals surface area contributed by atoms with E-state index >= 15 is 0 Å². The van der Waals surface area contributed by atoms with Gasteiger partial charge in [0.15, 0.2) is 16.3 Å². The molecule has 0 bridgehead atoms. The zero-order chi connectivity index (χ0) is 12.4. The lowest BCUT2D eigenvalue weighted by Gasteiger charge is -2.05. The number of hydrogen-bond donors (Lipinski definition) is 1. The number of hydrogen-bond acceptors (Lipinski definition) is 2. The number of aromatic nitrogens is 2. The highest BCUT2D eigenvalue weighted by Gasteiger charge is 2.09.